The first kappa shape index (κ1) is 18.8. The van der Waals surface area contributed by atoms with E-state index >= 15 is 0 Å². The van der Waals surface area contributed by atoms with E-state index in [1.54, 1.807) is 16.9 Å². The molecule has 0 spiro atoms. The molecular weight excluding hydrogens is 381 g/mol. The van der Waals surface area contributed by atoms with Crippen LogP contribution >= 0.6 is 0 Å². The summed E-state index contributed by atoms with van der Waals surface area (Å²) in [4.78, 5) is 14.9. The SMILES string of the molecule is O=C(NC1CCCCC1)N1Cc2cc(-c3cccc(F)c3)ccc2-n2nncc2C1. The predicted molar refractivity (Wildman–Crippen MR) is 111 cm³/mol. The molecule has 0 bridgehead atoms. The smallest absolute Gasteiger partial charge is 0.318 e. The Morgan fingerprint density at radius 1 is 1.03 bits per heavy atom. The van der Waals surface area contributed by atoms with E-state index < -0.39 is 0 Å². The zero-order chi connectivity index (χ0) is 20.5. The standard InChI is InChI=1S/C23H24FN5O/c24-19-6-4-5-16(12-19)17-9-10-22-18(11-17)14-28(15-21-13-25-27-29(21)22)23(30)26-20-7-2-1-3-8-20/h4-6,9-13,20H,1-3,7-8,14-15H2,(H,26,30). The number of nitrogens with one attached hydrogen (secondary N) is 1. The second-order valence-electron chi connectivity index (χ2n) is 8.13. The first-order valence-electron chi connectivity index (χ1n) is 10.5. The maximum absolute atomic E-state index is 13.7. The molecule has 2 amide bonds. The Hall–Kier alpha value is -3.22. The topological polar surface area (TPSA) is 63.1 Å². The van der Waals surface area contributed by atoms with Crippen molar-refractivity contribution in [2.75, 3.05) is 0 Å². The van der Waals surface area contributed by atoms with Gasteiger partial charge in [0.05, 0.1) is 24.1 Å². The molecular formula is C23H24FN5O. The van der Waals surface area contributed by atoms with Crippen molar-refractivity contribution in [2.24, 2.45) is 0 Å². The quantitative estimate of drug-likeness (QED) is 0.686. The van der Waals surface area contributed by atoms with Crippen LogP contribution in [0, 0.1) is 5.82 Å². The van der Waals surface area contributed by atoms with Crippen LogP contribution in [0.25, 0.3) is 16.8 Å². The van der Waals surface area contributed by atoms with E-state index in [9.17, 15) is 9.18 Å². The summed E-state index contributed by atoms with van der Waals surface area (Å²) >= 11 is 0. The van der Waals surface area contributed by atoms with Crippen molar-refractivity contribution in [2.45, 2.75) is 51.2 Å². The molecule has 0 radical (unpaired) electrons. The van der Waals surface area contributed by atoms with Crippen molar-refractivity contribution in [1.82, 2.24) is 25.2 Å². The van der Waals surface area contributed by atoms with Gasteiger partial charge in [0.15, 0.2) is 0 Å². The molecule has 0 saturated heterocycles. The Morgan fingerprint density at radius 3 is 2.70 bits per heavy atom. The van der Waals surface area contributed by atoms with Crippen LogP contribution in [0.2, 0.25) is 0 Å². The third-order valence-electron chi connectivity index (χ3n) is 6.02. The molecule has 1 saturated carbocycles. The molecule has 2 heterocycles. The van der Waals surface area contributed by atoms with Gasteiger partial charge < -0.3 is 10.2 Å². The van der Waals surface area contributed by atoms with Crippen molar-refractivity contribution in [3.63, 3.8) is 0 Å². The monoisotopic (exact) mass is 405 g/mol. The lowest BCUT2D eigenvalue weighted by molar-refractivity contribution is 0.184. The Kier molecular flexibility index (Phi) is 4.94. The van der Waals surface area contributed by atoms with Crippen molar-refractivity contribution in [3.8, 4) is 16.8 Å². The van der Waals surface area contributed by atoms with E-state index in [1.807, 2.05) is 29.2 Å². The fourth-order valence-corrected chi connectivity index (χ4v) is 4.45. The Morgan fingerprint density at radius 2 is 1.87 bits per heavy atom. The van der Waals surface area contributed by atoms with Crippen LogP contribution in [-0.2, 0) is 13.1 Å². The number of urea groups is 1. The van der Waals surface area contributed by atoms with Crippen molar-refractivity contribution in [3.05, 3.63) is 65.7 Å². The summed E-state index contributed by atoms with van der Waals surface area (Å²) in [5.74, 6) is -0.269. The third kappa shape index (κ3) is 3.67. The molecule has 154 valence electrons. The molecule has 0 atom stereocenters. The van der Waals surface area contributed by atoms with Crippen molar-refractivity contribution >= 4 is 6.03 Å². The van der Waals surface area contributed by atoms with Gasteiger partial charge in [-0.15, -0.1) is 5.10 Å². The zero-order valence-electron chi connectivity index (χ0n) is 16.7. The van der Waals surface area contributed by atoms with E-state index in [-0.39, 0.29) is 17.9 Å². The number of amides is 2. The van der Waals surface area contributed by atoms with Gasteiger partial charge in [-0.1, -0.05) is 42.7 Å². The number of hydrogen-bond acceptors (Lipinski definition) is 3. The lowest BCUT2D eigenvalue weighted by atomic mass is 9.96. The minimum absolute atomic E-state index is 0.0568. The highest BCUT2D eigenvalue weighted by atomic mass is 19.1. The maximum Gasteiger partial charge on any atom is 0.318 e. The van der Waals surface area contributed by atoms with Crippen LogP contribution < -0.4 is 5.32 Å². The molecule has 6 nitrogen and oxygen atoms in total. The van der Waals surface area contributed by atoms with E-state index in [0.29, 0.717) is 13.1 Å². The first-order valence-corrected chi connectivity index (χ1v) is 10.5. The van der Waals surface area contributed by atoms with E-state index in [4.69, 9.17) is 0 Å². The van der Waals surface area contributed by atoms with Gasteiger partial charge in [0.25, 0.3) is 0 Å². The third-order valence-corrected chi connectivity index (χ3v) is 6.02. The van der Waals surface area contributed by atoms with Crippen LogP contribution in [0.3, 0.4) is 0 Å². The second-order valence-corrected chi connectivity index (χ2v) is 8.13. The number of fused-ring (bicyclic) bond motifs is 3. The fraction of sp³-hybridized carbons (Fsp3) is 0.348. The molecule has 1 fully saturated rings. The first-order chi connectivity index (χ1) is 14.7. The van der Waals surface area contributed by atoms with E-state index in [2.05, 4.69) is 15.6 Å². The highest BCUT2D eigenvalue weighted by Gasteiger charge is 2.26. The highest BCUT2D eigenvalue weighted by Crippen LogP contribution is 2.29. The summed E-state index contributed by atoms with van der Waals surface area (Å²) < 4.78 is 15.5. The van der Waals surface area contributed by atoms with Crippen LogP contribution in [0.4, 0.5) is 9.18 Å². The number of halogens is 1. The summed E-state index contributed by atoms with van der Waals surface area (Å²) in [5, 5.41) is 11.5. The number of rotatable bonds is 2. The van der Waals surface area contributed by atoms with E-state index in [1.165, 1.54) is 31.4 Å². The average Bonchev–Trinajstić information content (AvgIpc) is 3.16. The van der Waals surface area contributed by atoms with E-state index in [0.717, 1.165) is 40.9 Å². The van der Waals surface area contributed by atoms with Gasteiger partial charge in [-0.2, -0.15) is 0 Å². The number of aromatic nitrogens is 3. The fourth-order valence-electron chi connectivity index (χ4n) is 4.45. The largest absolute Gasteiger partial charge is 0.335 e. The lowest BCUT2D eigenvalue weighted by Gasteiger charge is -2.27. The number of benzene rings is 2. The summed E-state index contributed by atoms with van der Waals surface area (Å²) in [6.07, 6.45) is 7.37. The molecule has 1 aliphatic heterocycles. The van der Waals surface area contributed by atoms with Crippen molar-refractivity contribution < 1.29 is 9.18 Å². The molecule has 3 aromatic rings. The molecule has 1 N–H and O–H groups in total. The van der Waals surface area contributed by atoms with Crippen LogP contribution in [0.5, 0.6) is 0 Å². The minimum Gasteiger partial charge on any atom is -0.335 e. The number of hydrogen-bond donors (Lipinski definition) is 1. The minimum atomic E-state index is -0.269. The van der Waals surface area contributed by atoms with Gasteiger partial charge >= 0.3 is 6.03 Å². The molecule has 2 aromatic carbocycles. The number of carbonyl (C=O) groups is 1. The normalized spacial score (nSPS) is 16.5. The second kappa shape index (κ2) is 7.89. The van der Waals surface area contributed by atoms with Gasteiger partial charge in [-0.25, -0.2) is 13.9 Å². The van der Waals surface area contributed by atoms with Crippen LogP contribution in [0.15, 0.2) is 48.7 Å². The Bertz CT molecular complexity index is 1070. The summed E-state index contributed by atoms with van der Waals surface area (Å²) in [6.45, 7) is 0.899. The average molecular weight is 405 g/mol. The molecule has 1 aromatic heterocycles. The van der Waals surface area contributed by atoms with Gasteiger partial charge in [-0.3, -0.25) is 0 Å². The molecule has 7 heteroatoms. The molecule has 2 aliphatic rings. The van der Waals surface area contributed by atoms with Gasteiger partial charge in [0.2, 0.25) is 0 Å². The molecule has 1 aliphatic carbocycles. The number of nitrogens with zero attached hydrogens (tertiary/aromatic N) is 4. The Labute approximate surface area is 174 Å². The van der Waals surface area contributed by atoms with Gasteiger partial charge in [-0.05, 0) is 53.8 Å². The van der Waals surface area contributed by atoms with Crippen LogP contribution in [-0.4, -0.2) is 32.0 Å². The summed E-state index contributed by atoms with van der Waals surface area (Å²) in [6, 6.07) is 12.7. The summed E-state index contributed by atoms with van der Waals surface area (Å²) in [5.41, 5.74) is 4.44. The highest BCUT2D eigenvalue weighted by molar-refractivity contribution is 5.75. The number of carbonyl (C=O) groups excluding carboxylic acids is 1. The zero-order valence-corrected chi connectivity index (χ0v) is 16.7. The lowest BCUT2D eigenvalue weighted by Crippen LogP contribution is -2.44. The van der Waals surface area contributed by atoms with Gasteiger partial charge in [0.1, 0.15) is 5.82 Å². The summed E-state index contributed by atoms with van der Waals surface area (Å²) in [7, 11) is 0. The Balaban J connectivity index is 1.47. The predicted octanol–water partition coefficient (Wildman–Crippen LogP) is 4.43. The molecule has 5 rings (SSSR count). The van der Waals surface area contributed by atoms with Gasteiger partial charge in [0, 0.05) is 12.6 Å². The maximum atomic E-state index is 13.7. The molecule has 30 heavy (non-hydrogen) atoms. The van der Waals surface area contributed by atoms with Crippen LogP contribution in [0.1, 0.15) is 43.4 Å². The molecule has 0 unspecified atom stereocenters. The van der Waals surface area contributed by atoms with Crippen molar-refractivity contribution in [1.29, 1.82) is 0 Å².